The van der Waals surface area contributed by atoms with E-state index in [-0.39, 0.29) is 0 Å². The van der Waals surface area contributed by atoms with Crippen molar-refractivity contribution in [3.8, 4) is 0 Å². The number of aryl methyl sites for hydroxylation is 3. The highest BCUT2D eigenvalue weighted by Gasteiger charge is 2.12. The largest absolute Gasteiger partial charge is 0.242 e. The molecule has 0 aliphatic carbocycles. The van der Waals surface area contributed by atoms with Crippen molar-refractivity contribution in [2.75, 3.05) is 0 Å². The van der Waals surface area contributed by atoms with E-state index >= 15 is 0 Å². The van der Waals surface area contributed by atoms with Gasteiger partial charge >= 0.3 is 0 Å². The van der Waals surface area contributed by atoms with Gasteiger partial charge in [-0.25, -0.2) is 4.98 Å². The molecule has 20 heavy (non-hydrogen) atoms. The molecular weight excluding hydrogens is 268 g/mol. The van der Waals surface area contributed by atoms with E-state index in [1.165, 1.54) is 5.56 Å². The molecule has 4 heteroatoms. The Kier molecular flexibility index (Phi) is 3.56. The standard InChI is InChI=1S/C16H14N2OS/c1-11-17-15-10-9-14(18-19)13(16(15)20-11)8-7-12-5-3-2-4-6-12/h2-6,9-10H,7-8H2,1H3. The molecule has 2 aromatic carbocycles. The smallest absolute Gasteiger partial charge is 0.112 e. The van der Waals surface area contributed by atoms with Crippen LogP contribution in [0.15, 0.2) is 47.6 Å². The first-order valence-electron chi connectivity index (χ1n) is 6.54. The number of hydrogen-bond acceptors (Lipinski definition) is 4. The minimum absolute atomic E-state index is 0.539. The Labute approximate surface area is 121 Å². The van der Waals surface area contributed by atoms with Gasteiger partial charge in [0.25, 0.3) is 0 Å². The van der Waals surface area contributed by atoms with E-state index in [0.717, 1.165) is 33.6 Å². The Morgan fingerprint density at radius 1 is 1.10 bits per heavy atom. The van der Waals surface area contributed by atoms with E-state index in [0.29, 0.717) is 5.69 Å². The number of aromatic nitrogens is 1. The van der Waals surface area contributed by atoms with E-state index in [1.807, 2.05) is 31.2 Å². The fraction of sp³-hybridized carbons (Fsp3) is 0.188. The molecule has 0 aliphatic rings. The highest BCUT2D eigenvalue weighted by atomic mass is 32.1. The van der Waals surface area contributed by atoms with Crippen LogP contribution in [0.1, 0.15) is 16.1 Å². The number of thiazole rings is 1. The summed E-state index contributed by atoms with van der Waals surface area (Å²) in [6.07, 6.45) is 1.71. The number of nitrogens with zero attached hydrogens (tertiary/aromatic N) is 2. The fourth-order valence-corrected chi connectivity index (χ4v) is 3.38. The van der Waals surface area contributed by atoms with Gasteiger partial charge in [0.1, 0.15) is 5.69 Å². The molecule has 0 bridgehead atoms. The maximum Gasteiger partial charge on any atom is 0.112 e. The van der Waals surface area contributed by atoms with Gasteiger partial charge < -0.3 is 0 Å². The van der Waals surface area contributed by atoms with E-state index in [1.54, 1.807) is 17.4 Å². The summed E-state index contributed by atoms with van der Waals surface area (Å²) in [5.41, 5.74) is 3.79. The van der Waals surface area contributed by atoms with Crippen molar-refractivity contribution in [1.29, 1.82) is 0 Å². The lowest BCUT2D eigenvalue weighted by Crippen LogP contribution is -1.92. The zero-order valence-electron chi connectivity index (χ0n) is 11.2. The first kappa shape index (κ1) is 12.9. The van der Waals surface area contributed by atoms with Crippen LogP contribution >= 0.6 is 11.3 Å². The molecule has 3 aromatic rings. The van der Waals surface area contributed by atoms with E-state index in [9.17, 15) is 4.91 Å². The summed E-state index contributed by atoms with van der Waals surface area (Å²) in [4.78, 5) is 15.5. The lowest BCUT2D eigenvalue weighted by atomic mass is 10.0. The number of fused-ring (bicyclic) bond motifs is 1. The minimum atomic E-state index is 0.539. The van der Waals surface area contributed by atoms with Crippen molar-refractivity contribution >= 4 is 27.2 Å². The van der Waals surface area contributed by atoms with Gasteiger partial charge in [-0.2, -0.15) is 0 Å². The number of benzene rings is 2. The molecule has 0 saturated carbocycles. The van der Waals surface area contributed by atoms with Gasteiger partial charge in [0, 0.05) is 5.56 Å². The van der Waals surface area contributed by atoms with Crippen molar-refractivity contribution in [1.82, 2.24) is 4.98 Å². The minimum Gasteiger partial charge on any atom is -0.242 e. The van der Waals surface area contributed by atoms with Crippen LogP contribution in [0.5, 0.6) is 0 Å². The van der Waals surface area contributed by atoms with Crippen LogP contribution < -0.4 is 0 Å². The Bertz CT molecular complexity index is 750. The molecule has 0 spiro atoms. The molecule has 1 aromatic heterocycles. The molecule has 100 valence electrons. The molecule has 0 atom stereocenters. The first-order chi connectivity index (χ1) is 9.78. The third-order valence-electron chi connectivity index (χ3n) is 3.35. The SMILES string of the molecule is Cc1nc2ccc(N=O)c(CCc3ccccc3)c2s1. The third-order valence-corrected chi connectivity index (χ3v) is 4.39. The predicted octanol–water partition coefficient (Wildman–Crippen LogP) is 4.79. The number of hydrogen-bond donors (Lipinski definition) is 0. The number of rotatable bonds is 4. The Morgan fingerprint density at radius 3 is 2.65 bits per heavy atom. The van der Waals surface area contributed by atoms with Crippen LogP contribution in [0.3, 0.4) is 0 Å². The molecule has 0 fully saturated rings. The van der Waals surface area contributed by atoms with Gasteiger partial charge in [0.05, 0.1) is 15.2 Å². The summed E-state index contributed by atoms with van der Waals surface area (Å²) in [5, 5.41) is 4.19. The van der Waals surface area contributed by atoms with Crippen molar-refractivity contribution < 1.29 is 0 Å². The summed E-state index contributed by atoms with van der Waals surface area (Å²) in [6.45, 7) is 1.99. The summed E-state index contributed by atoms with van der Waals surface area (Å²) in [7, 11) is 0. The molecule has 3 rings (SSSR count). The van der Waals surface area contributed by atoms with Crippen molar-refractivity contribution in [3.05, 3.63) is 63.5 Å². The van der Waals surface area contributed by atoms with Crippen LogP contribution in [0.25, 0.3) is 10.2 Å². The Balaban J connectivity index is 1.98. The van der Waals surface area contributed by atoms with Crippen molar-refractivity contribution in [2.45, 2.75) is 19.8 Å². The highest BCUT2D eigenvalue weighted by molar-refractivity contribution is 7.18. The molecule has 0 aliphatic heterocycles. The molecule has 0 saturated heterocycles. The fourth-order valence-electron chi connectivity index (χ4n) is 2.39. The van der Waals surface area contributed by atoms with E-state index < -0.39 is 0 Å². The lowest BCUT2D eigenvalue weighted by Gasteiger charge is -2.05. The average Bonchev–Trinajstić information content (AvgIpc) is 2.86. The summed E-state index contributed by atoms with van der Waals surface area (Å²) in [5.74, 6) is 0. The molecule has 0 N–H and O–H groups in total. The van der Waals surface area contributed by atoms with Crippen LogP contribution in [-0.2, 0) is 12.8 Å². The third kappa shape index (κ3) is 2.47. The molecule has 1 heterocycles. The second kappa shape index (κ2) is 5.51. The second-order valence-corrected chi connectivity index (χ2v) is 5.92. The molecule has 0 unspecified atom stereocenters. The van der Waals surface area contributed by atoms with Gasteiger partial charge in [-0.1, -0.05) is 30.3 Å². The van der Waals surface area contributed by atoms with Gasteiger partial charge in [0.15, 0.2) is 0 Å². The van der Waals surface area contributed by atoms with Gasteiger partial charge in [-0.05, 0) is 42.6 Å². The number of nitroso groups, excluding NO2 is 1. The lowest BCUT2D eigenvalue weighted by molar-refractivity contribution is 0.969. The van der Waals surface area contributed by atoms with E-state index in [4.69, 9.17) is 0 Å². The topological polar surface area (TPSA) is 42.3 Å². The van der Waals surface area contributed by atoms with E-state index in [2.05, 4.69) is 22.3 Å². The van der Waals surface area contributed by atoms with Crippen LogP contribution in [-0.4, -0.2) is 4.98 Å². The molecule has 0 amide bonds. The summed E-state index contributed by atoms with van der Waals surface area (Å²) >= 11 is 1.63. The second-order valence-electron chi connectivity index (χ2n) is 4.72. The Morgan fingerprint density at radius 2 is 1.90 bits per heavy atom. The molecule has 3 nitrogen and oxygen atoms in total. The van der Waals surface area contributed by atoms with Crippen molar-refractivity contribution in [3.63, 3.8) is 0 Å². The zero-order chi connectivity index (χ0) is 13.9. The maximum atomic E-state index is 11.0. The zero-order valence-corrected chi connectivity index (χ0v) is 12.0. The van der Waals surface area contributed by atoms with Crippen LogP contribution in [0, 0.1) is 11.8 Å². The highest BCUT2D eigenvalue weighted by Crippen LogP contribution is 2.33. The first-order valence-corrected chi connectivity index (χ1v) is 7.36. The quantitative estimate of drug-likeness (QED) is 0.646. The maximum absolute atomic E-state index is 11.0. The summed E-state index contributed by atoms with van der Waals surface area (Å²) < 4.78 is 1.09. The van der Waals surface area contributed by atoms with Crippen LogP contribution in [0.2, 0.25) is 0 Å². The Hall–Kier alpha value is -2.07. The predicted molar refractivity (Wildman–Crippen MR) is 83.7 cm³/mol. The van der Waals surface area contributed by atoms with Crippen LogP contribution in [0.4, 0.5) is 5.69 Å². The van der Waals surface area contributed by atoms with Gasteiger partial charge in [-0.3, -0.25) is 0 Å². The van der Waals surface area contributed by atoms with Gasteiger partial charge in [-0.15, -0.1) is 16.2 Å². The molecular formula is C16H14N2OS. The average molecular weight is 282 g/mol. The van der Waals surface area contributed by atoms with Gasteiger partial charge in [0.2, 0.25) is 0 Å². The monoisotopic (exact) mass is 282 g/mol. The molecule has 0 radical (unpaired) electrons. The van der Waals surface area contributed by atoms with Crippen molar-refractivity contribution in [2.24, 2.45) is 5.18 Å². The summed E-state index contributed by atoms with van der Waals surface area (Å²) in [6, 6.07) is 13.9. The normalized spacial score (nSPS) is 10.8.